The molecule has 0 aliphatic heterocycles. The van der Waals surface area contributed by atoms with Crippen molar-refractivity contribution < 1.29 is 4.74 Å². The molecule has 0 N–H and O–H groups in total. The van der Waals surface area contributed by atoms with E-state index in [-0.39, 0.29) is 5.56 Å². The van der Waals surface area contributed by atoms with Crippen LogP contribution in [-0.2, 0) is 13.0 Å². The maximum atomic E-state index is 12.1. The second-order valence-electron chi connectivity index (χ2n) is 5.39. The summed E-state index contributed by atoms with van der Waals surface area (Å²) in [6.07, 6.45) is 6.88. The molecular weight excluding hydrogens is 338 g/mol. The number of rotatable bonds is 7. The Morgan fingerprint density at radius 2 is 1.92 bits per heavy atom. The van der Waals surface area contributed by atoms with Crippen LogP contribution in [0.3, 0.4) is 0 Å². The van der Waals surface area contributed by atoms with E-state index in [1.165, 1.54) is 10.7 Å². The Bertz CT molecular complexity index is 889. The van der Waals surface area contributed by atoms with Crippen LogP contribution in [0.1, 0.15) is 30.2 Å². The lowest BCUT2D eigenvalue weighted by atomic mass is 10.2. The molecule has 0 aliphatic carbocycles. The van der Waals surface area contributed by atoms with E-state index in [9.17, 15) is 4.79 Å². The second kappa shape index (κ2) is 7.98. The Morgan fingerprint density at radius 1 is 1.12 bits per heavy atom. The number of hydrogen-bond donors (Lipinski definition) is 0. The van der Waals surface area contributed by atoms with Crippen molar-refractivity contribution >= 4 is 11.3 Å². The van der Waals surface area contributed by atoms with E-state index in [1.54, 1.807) is 36.0 Å². The van der Waals surface area contributed by atoms with E-state index in [0.717, 1.165) is 28.3 Å². The molecule has 130 valence electrons. The van der Waals surface area contributed by atoms with E-state index >= 15 is 0 Å². The number of aryl methyl sites for hydroxylation is 1. The van der Waals surface area contributed by atoms with E-state index < -0.39 is 0 Å². The average molecular weight is 357 g/mol. The van der Waals surface area contributed by atoms with Gasteiger partial charge < -0.3 is 4.74 Å². The van der Waals surface area contributed by atoms with Gasteiger partial charge in [0.25, 0.3) is 5.56 Å². The van der Waals surface area contributed by atoms with Gasteiger partial charge >= 0.3 is 6.01 Å². The minimum Gasteiger partial charge on any atom is -0.463 e. The smallest absolute Gasteiger partial charge is 0.316 e. The molecule has 3 aromatic rings. The van der Waals surface area contributed by atoms with Crippen molar-refractivity contribution in [2.45, 2.75) is 33.2 Å². The highest BCUT2D eigenvalue weighted by Gasteiger charge is 2.08. The molecule has 3 rings (SSSR count). The van der Waals surface area contributed by atoms with Crippen LogP contribution in [-0.4, -0.2) is 31.3 Å². The van der Waals surface area contributed by atoms with Gasteiger partial charge in [0.15, 0.2) is 0 Å². The number of ether oxygens (including phenoxy) is 1. The lowest BCUT2D eigenvalue weighted by Crippen LogP contribution is -2.22. The Balaban J connectivity index is 1.82. The lowest BCUT2D eigenvalue weighted by Gasteiger charge is -2.06. The van der Waals surface area contributed by atoms with Crippen LogP contribution >= 0.6 is 11.3 Å². The van der Waals surface area contributed by atoms with Gasteiger partial charge in [0.2, 0.25) is 0 Å². The Hall–Kier alpha value is -2.61. The first-order valence-corrected chi connectivity index (χ1v) is 8.98. The molecule has 0 unspecified atom stereocenters. The minimum absolute atomic E-state index is 0.154. The van der Waals surface area contributed by atoms with Crippen LogP contribution in [0.5, 0.6) is 6.01 Å². The highest BCUT2D eigenvalue weighted by molar-refractivity contribution is 7.11. The first-order chi connectivity index (χ1) is 12.2. The van der Waals surface area contributed by atoms with Gasteiger partial charge in [-0.05, 0) is 18.9 Å². The SMILES string of the molecule is CCCOc1ncc(-c2ccc(=O)n(Cc3cnc(CC)s3)n2)cn1. The van der Waals surface area contributed by atoms with Crippen LogP contribution in [0.2, 0.25) is 0 Å². The molecule has 0 spiro atoms. The standard InChI is InChI=1S/C17H19N5O2S/c1-3-7-24-17-19-8-12(9-20-17)14-5-6-16(23)22(21-14)11-13-10-18-15(4-2)25-13/h5-6,8-10H,3-4,7,11H2,1-2H3. The van der Waals surface area contributed by atoms with Gasteiger partial charge in [-0.1, -0.05) is 13.8 Å². The largest absolute Gasteiger partial charge is 0.463 e. The fraction of sp³-hybridized carbons (Fsp3) is 0.353. The summed E-state index contributed by atoms with van der Waals surface area (Å²) in [5.74, 6) is 0. The van der Waals surface area contributed by atoms with Gasteiger partial charge in [0.1, 0.15) is 0 Å². The first-order valence-electron chi connectivity index (χ1n) is 8.16. The highest BCUT2D eigenvalue weighted by Crippen LogP contribution is 2.17. The van der Waals surface area contributed by atoms with Crippen molar-refractivity contribution in [3.63, 3.8) is 0 Å². The van der Waals surface area contributed by atoms with Crippen molar-refractivity contribution in [2.75, 3.05) is 6.61 Å². The van der Waals surface area contributed by atoms with E-state index in [0.29, 0.717) is 24.9 Å². The normalized spacial score (nSPS) is 10.8. The number of aromatic nitrogens is 5. The highest BCUT2D eigenvalue weighted by atomic mass is 32.1. The summed E-state index contributed by atoms with van der Waals surface area (Å²) in [4.78, 5) is 25.8. The van der Waals surface area contributed by atoms with Gasteiger partial charge in [-0.2, -0.15) is 5.10 Å². The molecular formula is C17H19N5O2S. The quantitative estimate of drug-likeness (QED) is 0.646. The summed E-state index contributed by atoms with van der Waals surface area (Å²) < 4.78 is 6.81. The zero-order valence-corrected chi connectivity index (χ0v) is 15.0. The zero-order chi connectivity index (χ0) is 17.6. The molecule has 0 aliphatic rings. The first kappa shape index (κ1) is 17.2. The molecule has 0 saturated carbocycles. The van der Waals surface area contributed by atoms with Crippen molar-refractivity contribution in [3.8, 4) is 17.3 Å². The molecule has 3 heterocycles. The number of thiazole rings is 1. The molecule has 8 heteroatoms. The lowest BCUT2D eigenvalue weighted by molar-refractivity contribution is 0.292. The molecule has 0 bridgehead atoms. The van der Waals surface area contributed by atoms with Crippen molar-refractivity contribution in [3.05, 3.63) is 51.0 Å². The monoisotopic (exact) mass is 357 g/mol. The zero-order valence-electron chi connectivity index (χ0n) is 14.2. The Morgan fingerprint density at radius 3 is 2.60 bits per heavy atom. The van der Waals surface area contributed by atoms with Crippen molar-refractivity contribution in [2.24, 2.45) is 0 Å². The van der Waals surface area contributed by atoms with E-state index in [2.05, 4.69) is 27.0 Å². The summed E-state index contributed by atoms with van der Waals surface area (Å²) >= 11 is 1.60. The third kappa shape index (κ3) is 4.27. The van der Waals surface area contributed by atoms with Crippen LogP contribution in [0.15, 0.2) is 35.5 Å². The Kier molecular flexibility index (Phi) is 5.49. The molecule has 0 radical (unpaired) electrons. The molecule has 0 amide bonds. The van der Waals surface area contributed by atoms with Gasteiger partial charge in [-0.25, -0.2) is 19.6 Å². The third-order valence-electron chi connectivity index (χ3n) is 3.44. The van der Waals surface area contributed by atoms with Crippen LogP contribution in [0, 0.1) is 0 Å². The van der Waals surface area contributed by atoms with Crippen LogP contribution < -0.4 is 10.3 Å². The van der Waals surface area contributed by atoms with Gasteiger partial charge in [0.05, 0.1) is 23.9 Å². The third-order valence-corrected chi connectivity index (χ3v) is 4.56. The summed E-state index contributed by atoms with van der Waals surface area (Å²) in [6.45, 7) is 5.07. The maximum absolute atomic E-state index is 12.1. The summed E-state index contributed by atoms with van der Waals surface area (Å²) in [5.41, 5.74) is 1.22. The minimum atomic E-state index is -0.154. The number of hydrogen-bond acceptors (Lipinski definition) is 7. The fourth-order valence-corrected chi connectivity index (χ4v) is 3.01. The molecule has 0 atom stereocenters. The predicted octanol–water partition coefficient (Wildman–Crippen LogP) is 2.56. The van der Waals surface area contributed by atoms with E-state index in [4.69, 9.17) is 4.74 Å². The van der Waals surface area contributed by atoms with Crippen LogP contribution in [0.25, 0.3) is 11.3 Å². The van der Waals surface area contributed by atoms with Gasteiger partial charge in [-0.3, -0.25) is 4.79 Å². The van der Waals surface area contributed by atoms with Gasteiger partial charge in [0, 0.05) is 35.1 Å². The maximum Gasteiger partial charge on any atom is 0.316 e. The molecule has 0 aromatic carbocycles. The molecule has 0 fully saturated rings. The number of nitrogens with zero attached hydrogens (tertiary/aromatic N) is 5. The summed E-state index contributed by atoms with van der Waals surface area (Å²) in [5, 5.41) is 5.48. The molecule has 25 heavy (non-hydrogen) atoms. The van der Waals surface area contributed by atoms with E-state index in [1.807, 2.05) is 6.92 Å². The Labute approximate surface area is 149 Å². The second-order valence-corrected chi connectivity index (χ2v) is 6.59. The summed E-state index contributed by atoms with van der Waals surface area (Å²) in [7, 11) is 0. The topological polar surface area (TPSA) is 82.8 Å². The van der Waals surface area contributed by atoms with Gasteiger partial charge in [-0.15, -0.1) is 11.3 Å². The summed E-state index contributed by atoms with van der Waals surface area (Å²) in [6, 6.07) is 3.52. The average Bonchev–Trinajstić information content (AvgIpc) is 3.10. The van der Waals surface area contributed by atoms with Crippen molar-refractivity contribution in [1.29, 1.82) is 0 Å². The molecule has 0 saturated heterocycles. The molecule has 7 nitrogen and oxygen atoms in total. The van der Waals surface area contributed by atoms with Crippen LogP contribution in [0.4, 0.5) is 0 Å². The predicted molar refractivity (Wildman–Crippen MR) is 95.9 cm³/mol. The fourth-order valence-electron chi connectivity index (χ4n) is 2.16. The molecule has 3 aromatic heterocycles. The van der Waals surface area contributed by atoms with Crippen molar-refractivity contribution in [1.82, 2.24) is 24.7 Å².